The predicted molar refractivity (Wildman–Crippen MR) is 113 cm³/mol. The van der Waals surface area contributed by atoms with Gasteiger partial charge in [-0.3, -0.25) is 0 Å². The van der Waals surface area contributed by atoms with E-state index in [0.717, 1.165) is 35.6 Å². The molecule has 0 heterocycles. The van der Waals surface area contributed by atoms with Gasteiger partial charge in [-0.25, -0.2) is 0 Å². The number of nitrogens with one attached hydrogen (secondary N) is 1. The lowest BCUT2D eigenvalue weighted by Gasteiger charge is -2.33. The number of methoxy groups -OCH3 is 1. The second-order valence-corrected chi connectivity index (χ2v) is 9.20. The summed E-state index contributed by atoms with van der Waals surface area (Å²) >= 11 is 0. The Bertz CT molecular complexity index is 744. The van der Waals surface area contributed by atoms with Crippen molar-refractivity contribution in [2.24, 2.45) is 5.41 Å². The summed E-state index contributed by atoms with van der Waals surface area (Å²) in [6.07, 6.45) is 1.09. The van der Waals surface area contributed by atoms with Crippen molar-refractivity contribution in [3.05, 3.63) is 59.2 Å². The zero-order valence-corrected chi connectivity index (χ0v) is 18.0. The highest BCUT2D eigenvalue weighted by atomic mass is 16.5. The maximum Gasteiger partial charge on any atom is 0.166 e. The predicted octanol–water partition coefficient (Wildman–Crippen LogP) is 5.89. The van der Waals surface area contributed by atoms with E-state index in [1.807, 2.05) is 12.1 Å². The van der Waals surface area contributed by atoms with Gasteiger partial charge in [0.05, 0.1) is 7.11 Å². The fourth-order valence-corrected chi connectivity index (χ4v) is 3.71. The average molecular weight is 370 g/mol. The van der Waals surface area contributed by atoms with Gasteiger partial charge in [0.15, 0.2) is 11.5 Å². The first-order chi connectivity index (χ1) is 12.6. The number of rotatable bonds is 8. The van der Waals surface area contributed by atoms with Gasteiger partial charge in [-0.2, -0.15) is 0 Å². The van der Waals surface area contributed by atoms with Gasteiger partial charge < -0.3 is 14.8 Å². The van der Waals surface area contributed by atoms with Gasteiger partial charge in [-0.15, -0.1) is 0 Å². The molecule has 0 spiro atoms. The van der Waals surface area contributed by atoms with Gasteiger partial charge in [-0.05, 0) is 44.2 Å². The molecular weight excluding hydrogens is 334 g/mol. The van der Waals surface area contributed by atoms with Gasteiger partial charge in [0.1, 0.15) is 6.61 Å². The van der Waals surface area contributed by atoms with E-state index < -0.39 is 0 Å². The van der Waals surface area contributed by atoms with Crippen molar-refractivity contribution in [3.8, 4) is 11.5 Å². The molecule has 3 nitrogen and oxygen atoms in total. The molecule has 0 radical (unpaired) electrons. The van der Waals surface area contributed by atoms with E-state index in [1.54, 1.807) is 7.11 Å². The molecule has 3 heteroatoms. The summed E-state index contributed by atoms with van der Waals surface area (Å²) in [6.45, 7) is 14.7. The standard InChI is InChI=1S/C24H35NO2/c1-18-10-8-11-19(14-18)16-27-22-20(12-9-13-21(22)26-7)15-25-24(5,6)17-23(2,3)4/h8-14,25H,15-17H2,1-7H3. The highest BCUT2D eigenvalue weighted by Gasteiger charge is 2.25. The van der Waals surface area contributed by atoms with Gasteiger partial charge in [0, 0.05) is 17.6 Å². The zero-order valence-electron chi connectivity index (χ0n) is 18.0. The second kappa shape index (κ2) is 8.79. The Hall–Kier alpha value is -2.00. The van der Waals surface area contributed by atoms with E-state index in [-0.39, 0.29) is 11.0 Å². The number of hydrogen-bond donors (Lipinski definition) is 1. The Morgan fingerprint density at radius 2 is 1.67 bits per heavy atom. The second-order valence-electron chi connectivity index (χ2n) is 9.20. The first kappa shape index (κ1) is 21.3. The van der Waals surface area contributed by atoms with Crippen LogP contribution in [0.3, 0.4) is 0 Å². The van der Waals surface area contributed by atoms with E-state index >= 15 is 0 Å². The third-order valence-corrected chi connectivity index (χ3v) is 4.48. The van der Waals surface area contributed by atoms with Crippen LogP contribution in [-0.2, 0) is 13.2 Å². The Balaban J connectivity index is 2.14. The van der Waals surface area contributed by atoms with Crippen molar-refractivity contribution in [2.75, 3.05) is 7.11 Å². The van der Waals surface area contributed by atoms with Crippen LogP contribution >= 0.6 is 0 Å². The summed E-state index contributed by atoms with van der Waals surface area (Å²) < 4.78 is 11.8. The summed E-state index contributed by atoms with van der Waals surface area (Å²) in [5.74, 6) is 1.59. The van der Waals surface area contributed by atoms with E-state index in [4.69, 9.17) is 9.47 Å². The third kappa shape index (κ3) is 6.91. The molecule has 148 valence electrons. The molecule has 0 unspecified atom stereocenters. The normalized spacial score (nSPS) is 12.1. The Labute approximate surface area is 165 Å². The van der Waals surface area contributed by atoms with Crippen LogP contribution in [0.4, 0.5) is 0 Å². The minimum absolute atomic E-state index is 0.0368. The molecule has 0 fully saturated rings. The van der Waals surface area contributed by atoms with E-state index in [2.05, 4.69) is 77.2 Å². The molecule has 0 aliphatic heterocycles. The fourth-order valence-electron chi connectivity index (χ4n) is 3.71. The number of benzene rings is 2. The molecule has 2 rings (SSSR count). The largest absolute Gasteiger partial charge is 0.493 e. The lowest BCUT2D eigenvalue weighted by Crippen LogP contribution is -2.41. The highest BCUT2D eigenvalue weighted by molar-refractivity contribution is 5.46. The summed E-state index contributed by atoms with van der Waals surface area (Å²) in [7, 11) is 1.69. The third-order valence-electron chi connectivity index (χ3n) is 4.48. The fraction of sp³-hybridized carbons (Fsp3) is 0.500. The van der Waals surface area contributed by atoms with Crippen LogP contribution in [0, 0.1) is 12.3 Å². The van der Waals surface area contributed by atoms with Crippen LogP contribution in [0.5, 0.6) is 11.5 Å². The SMILES string of the molecule is COc1cccc(CNC(C)(C)CC(C)(C)C)c1OCc1cccc(C)c1. The van der Waals surface area contributed by atoms with Crippen molar-refractivity contribution in [2.45, 2.75) is 66.7 Å². The quantitative estimate of drug-likeness (QED) is 0.629. The van der Waals surface area contributed by atoms with Gasteiger partial charge in [-0.1, -0.05) is 62.7 Å². The van der Waals surface area contributed by atoms with Gasteiger partial charge in [0.25, 0.3) is 0 Å². The van der Waals surface area contributed by atoms with E-state index in [9.17, 15) is 0 Å². The van der Waals surface area contributed by atoms with Crippen molar-refractivity contribution in [3.63, 3.8) is 0 Å². The molecule has 27 heavy (non-hydrogen) atoms. The van der Waals surface area contributed by atoms with Crippen LogP contribution in [0.15, 0.2) is 42.5 Å². The first-order valence-electron chi connectivity index (χ1n) is 9.69. The number of aryl methyl sites for hydroxylation is 1. The molecule has 0 bridgehead atoms. The molecule has 0 aliphatic carbocycles. The number of ether oxygens (including phenoxy) is 2. The number of para-hydroxylation sites is 1. The maximum atomic E-state index is 6.20. The molecule has 2 aromatic carbocycles. The lowest BCUT2D eigenvalue weighted by atomic mass is 9.81. The Morgan fingerprint density at radius 3 is 2.30 bits per heavy atom. The molecule has 0 aromatic heterocycles. The summed E-state index contributed by atoms with van der Waals surface area (Å²) in [5, 5.41) is 3.70. The van der Waals surface area contributed by atoms with Crippen molar-refractivity contribution in [1.29, 1.82) is 0 Å². The number of hydrogen-bond acceptors (Lipinski definition) is 3. The lowest BCUT2D eigenvalue weighted by molar-refractivity contribution is 0.237. The van der Waals surface area contributed by atoms with E-state index in [1.165, 1.54) is 5.56 Å². The molecule has 0 saturated heterocycles. The Morgan fingerprint density at radius 1 is 0.963 bits per heavy atom. The molecule has 0 saturated carbocycles. The molecule has 0 aliphatic rings. The van der Waals surface area contributed by atoms with E-state index in [0.29, 0.717) is 6.61 Å². The molecular formula is C24H35NO2. The van der Waals surface area contributed by atoms with Crippen LogP contribution < -0.4 is 14.8 Å². The first-order valence-corrected chi connectivity index (χ1v) is 9.69. The summed E-state index contributed by atoms with van der Waals surface area (Å²) in [4.78, 5) is 0. The maximum absolute atomic E-state index is 6.20. The van der Waals surface area contributed by atoms with Crippen LogP contribution in [0.25, 0.3) is 0 Å². The molecule has 0 atom stereocenters. The van der Waals surface area contributed by atoms with Gasteiger partial charge >= 0.3 is 0 Å². The average Bonchev–Trinajstić information content (AvgIpc) is 2.56. The molecule has 2 aromatic rings. The molecule has 0 amide bonds. The molecule has 1 N–H and O–H groups in total. The van der Waals surface area contributed by atoms with Gasteiger partial charge in [0.2, 0.25) is 0 Å². The monoisotopic (exact) mass is 369 g/mol. The minimum Gasteiger partial charge on any atom is -0.493 e. The Kier molecular flexibility index (Phi) is 6.94. The summed E-state index contributed by atoms with van der Waals surface area (Å²) in [5.41, 5.74) is 3.82. The van der Waals surface area contributed by atoms with Crippen molar-refractivity contribution < 1.29 is 9.47 Å². The summed E-state index contributed by atoms with van der Waals surface area (Å²) in [6, 6.07) is 14.5. The smallest absolute Gasteiger partial charge is 0.166 e. The van der Waals surface area contributed by atoms with Crippen LogP contribution in [-0.4, -0.2) is 12.6 Å². The zero-order chi connectivity index (χ0) is 20.1. The van der Waals surface area contributed by atoms with Crippen molar-refractivity contribution >= 4 is 0 Å². The minimum atomic E-state index is 0.0368. The van der Waals surface area contributed by atoms with Crippen LogP contribution in [0.1, 0.15) is 57.7 Å². The van der Waals surface area contributed by atoms with Crippen molar-refractivity contribution in [1.82, 2.24) is 5.32 Å². The topological polar surface area (TPSA) is 30.5 Å². The van der Waals surface area contributed by atoms with Crippen LogP contribution in [0.2, 0.25) is 0 Å². The highest BCUT2D eigenvalue weighted by Crippen LogP contribution is 2.33.